The maximum absolute atomic E-state index is 5.30. The van der Waals surface area contributed by atoms with Crippen molar-refractivity contribution in [2.45, 2.75) is 13.8 Å². The van der Waals surface area contributed by atoms with Crippen LogP contribution in [0.3, 0.4) is 0 Å². The van der Waals surface area contributed by atoms with Gasteiger partial charge in [0, 0.05) is 50.9 Å². The third-order valence-electron chi connectivity index (χ3n) is 4.46. The molecule has 0 radical (unpaired) electrons. The van der Waals surface area contributed by atoms with Gasteiger partial charge in [-0.25, -0.2) is 0 Å². The monoisotopic (exact) mass is 470 g/mol. The molecular formula is C22H30N8S2. The van der Waals surface area contributed by atoms with E-state index in [9.17, 15) is 0 Å². The minimum Gasteiger partial charge on any atom is -0.378 e. The van der Waals surface area contributed by atoms with Crippen molar-refractivity contribution < 1.29 is 0 Å². The molecule has 0 aliphatic rings. The van der Waals surface area contributed by atoms with Gasteiger partial charge >= 0.3 is 0 Å². The van der Waals surface area contributed by atoms with Crippen LogP contribution in [0, 0.1) is 0 Å². The first-order chi connectivity index (χ1) is 15.2. The van der Waals surface area contributed by atoms with E-state index in [2.05, 4.69) is 31.7 Å². The van der Waals surface area contributed by atoms with Gasteiger partial charge in [0.1, 0.15) is 0 Å². The van der Waals surface area contributed by atoms with E-state index in [1.54, 1.807) is 0 Å². The molecule has 0 unspecified atom stereocenters. The zero-order chi connectivity index (χ0) is 23.7. The fourth-order valence-corrected chi connectivity index (χ4v) is 2.76. The van der Waals surface area contributed by atoms with Crippen LogP contribution >= 0.6 is 24.4 Å². The Morgan fingerprint density at radius 2 is 0.938 bits per heavy atom. The molecule has 0 atom stereocenters. The average Bonchev–Trinajstić information content (AvgIpc) is 2.76. The van der Waals surface area contributed by atoms with Gasteiger partial charge in [-0.15, -0.1) is 0 Å². The molecule has 10 heteroatoms. The number of hydrogen-bond donors (Lipinski definition) is 4. The van der Waals surface area contributed by atoms with Crippen molar-refractivity contribution in [3.63, 3.8) is 0 Å². The highest BCUT2D eigenvalue weighted by atomic mass is 32.1. The second-order valence-electron chi connectivity index (χ2n) is 7.41. The molecule has 0 heterocycles. The lowest BCUT2D eigenvalue weighted by molar-refractivity contribution is 1.02. The molecular weight excluding hydrogens is 440 g/mol. The standard InChI is InChI=1S/C22H30N8S2/c1-15(25-27-21(31)23-17-7-11-19(12-8-17)29(3)4)16(2)26-28-22(32)24-18-9-13-20(14-10-18)30(5)6/h7-14H,1-6H3,(H2,23,27,31)(H2,24,28,32). The molecule has 0 saturated heterocycles. The maximum Gasteiger partial charge on any atom is 0.191 e. The zero-order valence-corrected chi connectivity index (χ0v) is 20.9. The highest BCUT2D eigenvalue weighted by Crippen LogP contribution is 2.16. The van der Waals surface area contributed by atoms with E-state index in [1.807, 2.05) is 100 Å². The van der Waals surface area contributed by atoms with Gasteiger partial charge < -0.3 is 20.4 Å². The normalized spacial score (nSPS) is 11.4. The summed E-state index contributed by atoms with van der Waals surface area (Å²) in [6, 6.07) is 15.9. The lowest BCUT2D eigenvalue weighted by Gasteiger charge is -2.14. The van der Waals surface area contributed by atoms with Gasteiger partial charge in [0.2, 0.25) is 0 Å². The number of anilines is 4. The van der Waals surface area contributed by atoms with E-state index in [0.29, 0.717) is 21.6 Å². The number of hydrazone groups is 2. The van der Waals surface area contributed by atoms with Crippen molar-refractivity contribution in [1.29, 1.82) is 0 Å². The molecule has 0 aliphatic heterocycles. The fraction of sp³-hybridized carbons (Fsp3) is 0.273. The molecule has 0 spiro atoms. The van der Waals surface area contributed by atoms with Crippen LogP contribution in [-0.2, 0) is 0 Å². The molecule has 2 aromatic rings. The maximum atomic E-state index is 5.30. The molecule has 0 aromatic heterocycles. The van der Waals surface area contributed by atoms with Crippen molar-refractivity contribution in [2.24, 2.45) is 10.2 Å². The van der Waals surface area contributed by atoms with E-state index < -0.39 is 0 Å². The summed E-state index contributed by atoms with van der Waals surface area (Å²) in [5.41, 5.74) is 11.0. The highest BCUT2D eigenvalue weighted by molar-refractivity contribution is 7.80. The third-order valence-corrected chi connectivity index (χ3v) is 4.84. The summed E-state index contributed by atoms with van der Waals surface area (Å²) in [5.74, 6) is 0. The van der Waals surface area contributed by atoms with Crippen LogP contribution in [0.5, 0.6) is 0 Å². The smallest absolute Gasteiger partial charge is 0.191 e. The van der Waals surface area contributed by atoms with Crippen molar-refractivity contribution in [3.05, 3.63) is 48.5 Å². The predicted octanol–water partition coefficient (Wildman–Crippen LogP) is 3.84. The predicted molar refractivity (Wildman–Crippen MR) is 146 cm³/mol. The minimum atomic E-state index is 0.390. The Bertz CT molecular complexity index is 898. The summed E-state index contributed by atoms with van der Waals surface area (Å²) in [6.07, 6.45) is 0. The zero-order valence-electron chi connectivity index (χ0n) is 19.2. The molecule has 0 fully saturated rings. The summed E-state index contributed by atoms with van der Waals surface area (Å²) in [6.45, 7) is 3.66. The largest absolute Gasteiger partial charge is 0.378 e. The second kappa shape index (κ2) is 12.0. The molecule has 8 nitrogen and oxygen atoms in total. The van der Waals surface area contributed by atoms with E-state index in [1.165, 1.54) is 0 Å². The van der Waals surface area contributed by atoms with Gasteiger partial charge in [0.15, 0.2) is 10.2 Å². The van der Waals surface area contributed by atoms with Crippen LogP contribution in [0.4, 0.5) is 22.7 Å². The quantitative estimate of drug-likeness (QED) is 0.276. The first-order valence-corrected chi connectivity index (χ1v) is 10.7. The van der Waals surface area contributed by atoms with E-state index in [0.717, 1.165) is 22.7 Å². The number of nitrogens with one attached hydrogen (secondary N) is 4. The molecule has 0 amide bonds. The first-order valence-electron chi connectivity index (χ1n) is 9.93. The van der Waals surface area contributed by atoms with Gasteiger partial charge in [-0.3, -0.25) is 10.9 Å². The molecule has 0 saturated carbocycles. The Kier molecular flexibility index (Phi) is 9.36. The molecule has 0 aliphatic carbocycles. The van der Waals surface area contributed by atoms with Crippen molar-refractivity contribution >= 4 is 68.8 Å². The number of nitrogens with zero attached hydrogens (tertiary/aromatic N) is 4. The number of thiocarbonyl (C=S) groups is 2. The van der Waals surface area contributed by atoms with Gasteiger partial charge in [-0.05, 0) is 86.8 Å². The van der Waals surface area contributed by atoms with Crippen molar-refractivity contribution in [3.8, 4) is 0 Å². The molecule has 0 bridgehead atoms. The lowest BCUT2D eigenvalue weighted by atomic mass is 10.2. The number of benzene rings is 2. The summed E-state index contributed by atoms with van der Waals surface area (Å²) in [7, 11) is 7.98. The third kappa shape index (κ3) is 8.12. The minimum absolute atomic E-state index is 0.390. The second-order valence-corrected chi connectivity index (χ2v) is 8.23. The first kappa shape index (κ1) is 25.0. The summed E-state index contributed by atoms with van der Waals surface area (Å²) >= 11 is 10.6. The topological polar surface area (TPSA) is 79.3 Å². The van der Waals surface area contributed by atoms with Crippen molar-refractivity contribution in [2.75, 3.05) is 48.6 Å². The Morgan fingerprint density at radius 1 is 0.625 bits per heavy atom. The van der Waals surface area contributed by atoms with Gasteiger partial charge in [0.25, 0.3) is 0 Å². The molecule has 2 aromatic carbocycles. The van der Waals surface area contributed by atoms with Crippen LogP contribution in [0.2, 0.25) is 0 Å². The molecule has 2 rings (SSSR count). The molecule has 32 heavy (non-hydrogen) atoms. The Hall–Kier alpha value is -3.24. The molecule has 4 N–H and O–H groups in total. The fourth-order valence-electron chi connectivity index (χ4n) is 2.43. The summed E-state index contributed by atoms with van der Waals surface area (Å²) in [5, 5.41) is 15.5. The van der Waals surface area contributed by atoms with Gasteiger partial charge in [-0.2, -0.15) is 10.2 Å². The van der Waals surface area contributed by atoms with Gasteiger partial charge in [0.05, 0.1) is 11.4 Å². The van der Waals surface area contributed by atoms with E-state index >= 15 is 0 Å². The molecule has 170 valence electrons. The van der Waals surface area contributed by atoms with E-state index in [-0.39, 0.29) is 0 Å². The van der Waals surface area contributed by atoms with Crippen LogP contribution in [0.1, 0.15) is 13.8 Å². The Labute approximate surface area is 200 Å². The van der Waals surface area contributed by atoms with Crippen LogP contribution in [-0.4, -0.2) is 49.8 Å². The SMILES string of the molecule is CC(=NNC(=S)Nc1ccc(N(C)C)cc1)C(C)=NNC(=S)Nc1ccc(N(C)C)cc1. The lowest BCUT2D eigenvalue weighted by Crippen LogP contribution is -2.28. The highest BCUT2D eigenvalue weighted by Gasteiger charge is 2.02. The number of hydrogen-bond acceptors (Lipinski definition) is 6. The summed E-state index contributed by atoms with van der Waals surface area (Å²) in [4.78, 5) is 4.07. The van der Waals surface area contributed by atoms with E-state index in [4.69, 9.17) is 24.4 Å². The van der Waals surface area contributed by atoms with Crippen LogP contribution < -0.4 is 31.3 Å². The average molecular weight is 471 g/mol. The Morgan fingerprint density at radius 3 is 1.22 bits per heavy atom. The van der Waals surface area contributed by atoms with Gasteiger partial charge in [-0.1, -0.05) is 0 Å². The Balaban J connectivity index is 1.83. The summed E-state index contributed by atoms with van der Waals surface area (Å²) < 4.78 is 0. The number of rotatable bonds is 7. The van der Waals surface area contributed by atoms with Crippen molar-refractivity contribution in [1.82, 2.24) is 10.9 Å². The van der Waals surface area contributed by atoms with Crippen LogP contribution in [0.25, 0.3) is 0 Å². The van der Waals surface area contributed by atoms with Crippen LogP contribution in [0.15, 0.2) is 58.7 Å².